The van der Waals surface area contributed by atoms with Crippen LogP contribution in [0.3, 0.4) is 0 Å². The minimum Gasteiger partial charge on any atom is -0.452 e. The number of aryl methyl sites for hydroxylation is 1. The van der Waals surface area contributed by atoms with Crippen LogP contribution in [0, 0.1) is 11.3 Å². The van der Waals surface area contributed by atoms with Crippen molar-refractivity contribution in [1.82, 2.24) is 10.3 Å². The van der Waals surface area contributed by atoms with E-state index in [-0.39, 0.29) is 17.9 Å². The van der Waals surface area contributed by atoms with Crippen molar-refractivity contribution in [3.8, 4) is 0 Å². The van der Waals surface area contributed by atoms with Crippen molar-refractivity contribution in [1.29, 1.82) is 0 Å². The van der Waals surface area contributed by atoms with Gasteiger partial charge in [-0.1, -0.05) is 62.7 Å². The second-order valence-electron chi connectivity index (χ2n) is 9.71. The van der Waals surface area contributed by atoms with Crippen LogP contribution in [0.5, 0.6) is 0 Å². The summed E-state index contributed by atoms with van der Waals surface area (Å²) in [6.07, 6.45) is 2.66. The number of benzene rings is 2. The number of nitrogens with one attached hydrogen (secondary N) is 1. The van der Waals surface area contributed by atoms with E-state index in [1.54, 1.807) is 12.1 Å². The Bertz CT molecular complexity index is 1180. The van der Waals surface area contributed by atoms with E-state index in [2.05, 4.69) is 26.1 Å². The highest BCUT2D eigenvalue weighted by molar-refractivity contribution is 6.30. The van der Waals surface area contributed by atoms with Gasteiger partial charge in [-0.15, -0.1) is 0 Å². The van der Waals surface area contributed by atoms with Gasteiger partial charge >= 0.3 is 5.97 Å². The number of hydrogen-bond acceptors (Lipinski definition) is 4. The number of ether oxygens (including phenoxy) is 1. The lowest BCUT2D eigenvalue weighted by atomic mass is 9.70. The SMILES string of the molecule is CC(C)(C)C1CCc2nc3ccccc3c(C(=O)OCC(=O)NCc3ccc(Cl)cc3)c2C1. The molecule has 0 spiro atoms. The summed E-state index contributed by atoms with van der Waals surface area (Å²) < 4.78 is 5.49. The average molecular weight is 465 g/mol. The highest BCUT2D eigenvalue weighted by atomic mass is 35.5. The fraction of sp³-hybridized carbons (Fsp3) is 0.370. The number of carbonyl (C=O) groups excluding carboxylic acids is 2. The molecule has 1 aromatic heterocycles. The summed E-state index contributed by atoms with van der Waals surface area (Å²) in [5.41, 5.74) is 4.31. The monoisotopic (exact) mass is 464 g/mol. The summed E-state index contributed by atoms with van der Waals surface area (Å²) in [7, 11) is 0. The van der Waals surface area contributed by atoms with Crippen molar-refractivity contribution in [2.75, 3.05) is 6.61 Å². The average Bonchev–Trinajstić information content (AvgIpc) is 2.79. The van der Waals surface area contributed by atoms with E-state index in [4.69, 9.17) is 21.3 Å². The molecule has 1 atom stereocenters. The molecule has 33 heavy (non-hydrogen) atoms. The zero-order chi connectivity index (χ0) is 23.6. The first-order chi connectivity index (χ1) is 15.7. The largest absolute Gasteiger partial charge is 0.452 e. The molecule has 2 aromatic carbocycles. The van der Waals surface area contributed by atoms with Crippen LogP contribution in [-0.2, 0) is 28.9 Å². The number of halogens is 1. The predicted octanol–water partition coefficient (Wildman–Crippen LogP) is 5.51. The van der Waals surface area contributed by atoms with Gasteiger partial charge in [0.15, 0.2) is 6.61 Å². The minimum absolute atomic E-state index is 0.131. The van der Waals surface area contributed by atoms with Gasteiger partial charge in [0.05, 0.1) is 11.1 Å². The summed E-state index contributed by atoms with van der Waals surface area (Å²) in [6, 6.07) is 14.9. The highest BCUT2D eigenvalue weighted by Crippen LogP contribution is 2.39. The van der Waals surface area contributed by atoms with E-state index < -0.39 is 5.97 Å². The van der Waals surface area contributed by atoms with Gasteiger partial charge in [-0.2, -0.15) is 0 Å². The molecule has 172 valence electrons. The summed E-state index contributed by atoms with van der Waals surface area (Å²) >= 11 is 5.89. The number of hydrogen-bond donors (Lipinski definition) is 1. The minimum atomic E-state index is -0.471. The molecule has 6 heteroatoms. The molecule has 0 aliphatic heterocycles. The van der Waals surface area contributed by atoms with Crippen LogP contribution in [-0.4, -0.2) is 23.5 Å². The number of esters is 1. The maximum Gasteiger partial charge on any atom is 0.339 e. The molecule has 5 nitrogen and oxygen atoms in total. The lowest BCUT2D eigenvalue weighted by Gasteiger charge is -2.35. The summed E-state index contributed by atoms with van der Waals surface area (Å²) in [5.74, 6) is -0.374. The molecule has 0 bridgehead atoms. The predicted molar refractivity (Wildman–Crippen MR) is 130 cm³/mol. The van der Waals surface area contributed by atoms with Gasteiger partial charge in [0.25, 0.3) is 5.91 Å². The van der Waals surface area contributed by atoms with Gasteiger partial charge in [-0.25, -0.2) is 4.79 Å². The molecular formula is C27H29ClN2O3. The van der Waals surface area contributed by atoms with E-state index in [1.807, 2.05) is 36.4 Å². The molecule has 0 fully saturated rings. The molecule has 1 amide bonds. The fourth-order valence-electron chi connectivity index (χ4n) is 4.42. The van der Waals surface area contributed by atoms with Crippen LogP contribution >= 0.6 is 11.6 Å². The first-order valence-corrected chi connectivity index (χ1v) is 11.7. The Balaban J connectivity index is 1.52. The third-order valence-electron chi connectivity index (χ3n) is 6.43. The topological polar surface area (TPSA) is 68.3 Å². The molecule has 1 aliphatic rings. The molecular weight excluding hydrogens is 436 g/mol. The normalized spacial score (nSPS) is 15.7. The quantitative estimate of drug-likeness (QED) is 0.505. The van der Waals surface area contributed by atoms with Gasteiger partial charge in [-0.05, 0) is 59.9 Å². The van der Waals surface area contributed by atoms with E-state index in [0.29, 0.717) is 23.0 Å². The lowest BCUT2D eigenvalue weighted by Crippen LogP contribution is -2.30. The number of rotatable bonds is 5. The van der Waals surface area contributed by atoms with Crippen LogP contribution in [0.25, 0.3) is 10.9 Å². The maximum atomic E-state index is 13.3. The van der Waals surface area contributed by atoms with Gasteiger partial charge in [0.2, 0.25) is 0 Å². The van der Waals surface area contributed by atoms with Crippen LogP contribution in [0.1, 0.15) is 54.4 Å². The van der Waals surface area contributed by atoms with Gasteiger partial charge < -0.3 is 10.1 Å². The molecule has 1 unspecified atom stereocenters. The van der Waals surface area contributed by atoms with Crippen LogP contribution < -0.4 is 5.32 Å². The van der Waals surface area contributed by atoms with Crippen molar-refractivity contribution in [3.05, 3.63) is 75.9 Å². The standard InChI is InChI=1S/C27H29ClN2O3/c1-27(2,3)18-10-13-23-21(14-18)25(20-6-4-5-7-22(20)30-23)26(32)33-16-24(31)29-15-17-8-11-19(28)12-9-17/h4-9,11-12,18H,10,13-16H2,1-3H3,(H,29,31). The Morgan fingerprint density at radius 1 is 1.12 bits per heavy atom. The van der Waals surface area contributed by atoms with Crippen molar-refractivity contribution in [2.45, 2.75) is 46.6 Å². The zero-order valence-corrected chi connectivity index (χ0v) is 20.0. The molecule has 1 N–H and O–H groups in total. The Hall–Kier alpha value is -2.92. The fourth-order valence-corrected chi connectivity index (χ4v) is 4.54. The summed E-state index contributed by atoms with van der Waals surface area (Å²) in [6.45, 7) is 6.72. The smallest absolute Gasteiger partial charge is 0.339 e. The second-order valence-corrected chi connectivity index (χ2v) is 10.2. The number of pyridine rings is 1. The lowest BCUT2D eigenvalue weighted by molar-refractivity contribution is -0.124. The summed E-state index contributed by atoms with van der Waals surface area (Å²) in [4.78, 5) is 30.4. The van der Waals surface area contributed by atoms with Crippen LogP contribution in [0.4, 0.5) is 0 Å². The molecule has 0 saturated carbocycles. The van der Waals surface area contributed by atoms with Gasteiger partial charge in [0, 0.05) is 22.6 Å². The van der Waals surface area contributed by atoms with E-state index >= 15 is 0 Å². The first kappa shape index (κ1) is 23.2. The highest BCUT2D eigenvalue weighted by Gasteiger charge is 2.33. The van der Waals surface area contributed by atoms with Crippen LogP contribution in [0.2, 0.25) is 5.02 Å². The number of para-hydroxylation sites is 1. The Morgan fingerprint density at radius 3 is 2.58 bits per heavy atom. The molecule has 1 aliphatic carbocycles. The third-order valence-corrected chi connectivity index (χ3v) is 6.68. The first-order valence-electron chi connectivity index (χ1n) is 11.3. The third kappa shape index (κ3) is 5.36. The summed E-state index contributed by atoms with van der Waals surface area (Å²) in [5, 5.41) is 4.19. The van der Waals surface area contributed by atoms with Crippen molar-refractivity contribution in [3.63, 3.8) is 0 Å². The molecule has 4 rings (SSSR count). The number of amides is 1. The maximum absolute atomic E-state index is 13.3. The van der Waals surface area contributed by atoms with E-state index in [1.165, 1.54) is 0 Å². The number of fused-ring (bicyclic) bond motifs is 2. The van der Waals surface area contributed by atoms with E-state index in [9.17, 15) is 9.59 Å². The Morgan fingerprint density at radius 2 is 1.85 bits per heavy atom. The molecule has 0 saturated heterocycles. The number of aromatic nitrogens is 1. The van der Waals surface area contributed by atoms with Gasteiger partial charge in [-0.3, -0.25) is 9.78 Å². The Labute approximate surface area is 199 Å². The van der Waals surface area contributed by atoms with Gasteiger partial charge in [0.1, 0.15) is 0 Å². The van der Waals surface area contributed by atoms with Crippen molar-refractivity contribution >= 4 is 34.4 Å². The number of nitrogens with zero attached hydrogens (tertiary/aromatic N) is 1. The molecule has 0 radical (unpaired) electrons. The number of carbonyl (C=O) groups is 2. The van der Waals surface area contributed by atoms with E-state index in [0.717, 1.165) is 47.0 Å². The van der Waals surface area contributed by atoms with Crippen molar-refractivity contribution in [2.24, 2.45) is 11.3 Å². The zero-order valence-electron chi connectivity index (χ0n) is 19.3. The van der Waals surface area contributed by atoms with Crippen molar-refractivity contribution < 1.29 is 14.3 Å². The molecule has 3 aromatic rings. The second kappa shape index (κ2) is 9.52. The molecule has 1 heterocycles. The Kier molecular flexibility index (Phi) is 6.71. The van der Waals surface area contributed by atoms with Crippen LogP contribution in [0.15, 0.2) is 48.5 Å².